The van der Waals surface area contributed by atoms with Gasteiger partial charge in [-0.25, -0.2) is 4.99 Å². The zero-order chi connectivity index (χ0) is 10.3. The Morgan fingerprint density at radius 1 is 1.38 bits per heavy atom. The lowest BCUT2D eigenvalue weighted by Crippen LogP contribution is -2.29. The summed E-state index contributed by atoms with van der Waals surface area (Å²) in [4.78, 5) is 4.19. The highest BCUT2D eigenvalue weighted by Crippen LogP contribution is 1.98. The second kappa shape index (κ2) is 6.46. The maximum atomic E-state index is 4.19. The highest BCUT2D eigenvalue weighted by Gasteiger charge is 2.02. The van der Waals surface area contributed by atoms with Gasteiger partial charge in [0.15, 0.2) is 0 Å². The molecule has 0 aliphatic heterocycles. The maximum Gasteiger partial charge on any atom is 0.0884 e. The largest absolute Gasteiger partial charge is 0.373 e. The molecule has 2 heteroatoms. The summed E-state index contributed by atoms with van der Waals surface area (Å²) in [5, 5.41) is 3.20. The predicted molar refractivity (Wildman–Crippen MR) is 59.9 cm³/mol. The Morgan fingerprint density at radius 3 is 2.46 bits per heavy atom. The van der Waals surface area contributed by atoms with Gasteiger partial charge in [0.1, 0.15) is 0 Å². The molecule has 0 spiro atoms. The minimum absolute atomic E-state index is 0.459. The molecule has 0 aliphatic carbocycles. The Morgan fingerprint density at radius 2 is 2.00 bits per heavy atom. The zero-order valence-corrected chi connectivity index (χ0v) is 9.04. The number of nitrogens with one attached hydrogen (secondary N) is 1. The quantitative estimate of drug-likeness (QED) is 0.392. The number of aliphatic imine (C=N–C) groups is 1. The van der Waals surface area contributed by atoms with Crippen LogP contribution in [-0.2, 0) is 0 Å². The van der Waals surface area contributed by atoms with Gasteiger partial charge in [-0.3, -0.25) is 0 Å². The van der Waals surface area contributed by atoms with Crippen molar-refractivity contribution >= 4 is 6.34 Å². The van der Waals surface area contributed by atoms with Crippen LogP contribution in [0.15, 0.2) is 29.4 Å². The van der Waals surface area contributed by atoms with E-state index in [9.17, 15) is 0 Å². The summed E-state index contributed by atoms with van der Waals surface area (Å²) in [6.45, 7) is 12.0. The van der Waals surface area contributed by atoms with Crippen LogP contribution in [0.4, 0.5) is 0 Å². The molecule has 0 saturated heterocycles. The molecule has 0 saturated carbocycles. The molecule has 0 aromatic carbocycles. The summed E-state index contributed by atoms with van der Waals surface area (Å²) in [6, 6.07) is 0.459. The van der Waals surface area contributed by atoms with Crippen LogP contribution in [0.2, 0.25) is 0 Å². The first-order chi connectivity index (χ1) is 6.07. The van der Waals surface area contributed by atoms with Gasteiger partial charge in [0.2, 0.25) is 0 Å². The molecule has 0 aromatic heterocycles. The molecule has 0 heterocycles. The van der Waals surface area contributed by atoms with Crippen LogP contribution in [0.3, 0.4) is 0 Å². The van der Waals surface area contributed by atoms with Crippen molar-refractivity contribution < 1.29 is 0 Å². The van der Waals surface area contributed by atoms with E-state index in [4.69, 9.17) is 0 Å². The molecule has 74 valence electrons. The van der Waals surface area contributed by atoms with E-state index in [2.05, 4.69) is 37.7 Å². The van der Waals surface area contributed by atoms with Crippen LogP contribution in [0, 0.1) is 5.92 Å². The van der Waals surface area contributed by atoms with Crippen LogP contribution in [0.25, 0.3) is 0 Å². The number of hydrogen-bond acceptors (Lipinski definition) is 1. The van der Waals surface area contributed by atoms with Crippen LogP contribution in [0.1, 0.15) is 27.7 Å². The van der Waals surface area contributed by atoms with E-state index in [1.165, 1.54) is 0 Å². The Kier molecular flexibility index (Phi) is 5.94. The smallest absolute Gasteiger partial charge is 0.0884 e. The van der Waals surface area contributed by atoms with Crippen molar-refractivity contribution in [3.05, 3.63) is 24.4 Å². The van der Waals surface area contributed by atoms with Crippen molar-refractivity contribution in [3.63, 3.8) is 0 Å². The van der Waals surface area contributed by atoms with Crippen molar-refractivity contribution in [2.45, 2.75) is 33.7 Å². The van der Waals surface area contributed by atoms with Crippen LogP contribution in [-0.4, -0.2) is 12.4 Å². The van der Waals surface area contributed by atoms with E-state index in [0.29, 0.717) is 12.0 Å². The van der Waals surface area contributed by atoms with Crippen molar-refractivity contribution in [3.8, 4) is 0 Å². The average molecular weight is 180 g/mol. The summed E-state index contributed by atoms with van der Waals surface area (Å²) < 4.78 is 0. The molecule has 0 aliphatic rings. The fraction of sp³-hybridized carbons (Fsp3) is 0.545. The van der Waals surface area contributed by atoms with Gasteiger partial charge in [-0.05, 0) is 25.8 Å². The molecule has 2 nitrogen and oxygen atoms in total. The fourth-order valence-electron chi connectivity index (χ4n) is 0.663. The molecule has 0 bridgehead atoms. The van der Waals surface area contributed by atoms with E-state index in [1.807, 2.05) is 13.0 Å². The van der Waals surface area contributed by atoms with Crippen LogP contribution >= 0.6 is 0 Å². The maximum absolute atomic E-state index is 4.19. The monoisotopic (exact) mass is 180 g/mol. The molecule has 1 N–H and O–H groups in total. The zero-order valence-electron chi connectivity index (χ0n) is 9.04. The lowest BCUT2D eigenvalue weighted by molar-refractivity contribution is 0.491. The van der Waals surface area contributed by atoms with E-state index < -0.39 is 0 Å². The van der Waals surface area contributed by atoms with E-state index in [-0.39, 0.29) is 0 Å². The summed E-state index contributed by atoms with van der Waals surface area (Å²) in [5.74, 6) is 0.621. The number of allylic oxidation sites excluding steroid dienone is 3. The van der Waals surface area contributed by atoms with Gasteiger partial charge < -0.3 is 5.32 Å². The average Bonchev–Trinajstić information content (AvgIpc) is 2.04. The number of hydrogen-bond donors (Lipinski definition) is 1. The van der Waals surface area contributed by atoms with E-state index in [0.717, 1.165) is 5.70 Å². The minimum atomic E-state index is 0.459. The lowest BCUT2D eigenvalue weighted by atomic mass is 10.1. The minimum Gasteiger partial charge on any atom is -0.373 e. The summed E-state index contributed by atoms with van der Waals surface area (Å²) in [5.41, 5.74) is 0.957. The number of rotatable bonds is 5. The lowest BCUT2D eigenvalue weighted by Gasteiger charge is -2.14. The fourth-order valence-corrected chi connectivity index (χ4v) is 0.663. The molecule has 0 rings (SSSR count). The highest BCUT2D eigenvalue weighted by molar-refractivity contribution is 5.56. The first-order valence-corrected chi connectivity index (χ1v) is 4.65. The molecule has 13 heavy (non-hydrogen) atoms. The van der Waals surface area contributed by atoms with Crippen LogP contribution in [0.5, 0.6) is 0 Å². The third kappa shape index (κ3) is 6.14. The standard InChI is InChI=1S/C11H20N2/c1-6-7-10(4)12-8-13-11(5)9(2)3/h6-9,11H,1H2,2-5H3,(H,12,13)/b10-7+/t11-/m0/s1. The molecule has 0 radical (unpaired) electrons. The Labute approximate surface area is 81.5 Å². The third-order valence-corrected chi connectivity index (χ3v) is 1.96. The predicted octanol–water partition coefficient (Wildman–Crippen LogP) is 2.74. The Balaban J connectivity index is 3.87. The molecule has 0 fully saturated rings. The first-order valence-electron chi connectivity index (χ1n) is 4.65. The first kappa shape index (κ1) is 11.9. The van der Waals surface area contributed by atoms with Gasteiger partial charge in [0.25, 0.3) is 0 Å². The molecule has 1 atom stereocenters. The Hall–Kier alpha value is -1.05. The van der Waals surface area contributed by atoms with Crippen molar-refractivity contribution in [1.82, 2.24) is 5.32 Å². The van der Waals surface area contributed by atoms with Gasteiger partial charge in [-0.1, -0.05) is 26.5 Å². The van der Waals surface area contributed by atoms with Gasteiger partial charge >= 0.3 is 0 Å². The normalized spacial score (nSPS) is 15.0. The molecular formula is C11H20N2. The summed E-state index contributed by atoms with van der Waals surface area (Å²) in [7, 11) is 0. The molecular weight excluding hydrogens is 160 g/mol. The van der Waals surface area contributed by atoms with Gasteiger partial charge in [-0.15, -0.1) is 0 Å². The highest BCUT2D eigenvalue weighted by atomic mass is 15.0. The van der Waals surface area contributed by atoms with Crippen molar-refractivity contribution in [2.24, 2.45) is 10.9 Å². The van der Waals surface area contributed by atoms with E-state index in [1.54, 1.807) is 12.4 Å². The van der Waals surface area contributed by atoms with Gasteiger partial charge in [0, 0.05) is 11.7 Å². The number of nitrogens with zero attached hydrogens (tertiary/aromatic N) is 1. The van der Waals surface area contributed by atoms with Gasteiger partial charge in [0.05, 0.1) is 6.34 Å². The van der Waals surface area contributed by atoms with Gasteiger partial charge in [-0.2, -0.15) is 0 Å². The third-order valence-electron chi connectivity index (χ3n) is 1.96. The van der Waals surface area contributed by atoms with Crippen molar-refractivity contribution in [2.75, 3.05) is 0 Å². The van der Waals surface area contributed by atoms with E-state index >= 15 is 0 Å². The molecule has 0 amide bonds. The second-order valence-electron chi connectivity index (χ2n) is 3.50. The summed E-state index contributed by atoms with van der Waals surface area (Å²) in [6.07, 6.45) is 5.36. The second-order valence-corrected chi connectivity index (χ2v) is 3.50. The van der Waals surface area contributed by atoms with Crippen molar-refractivity contribution in [1.29, 1.82) is 0 Å². The van der Waals surface area contributed by atoms with Crippen LogP contribution < -0.4 is 5.32 Å². The SMILES string of the molecule is C=C/C=C(C)/N=C\N[C@@H](C)C(C)C. The topological polar surface area (TPSA) is 24.4 Å². The molecule has 0 unspecified atom stereocenters. The summed E-state index contributed by atoms with van der Waals surface area (Å²) >= 11 is 0. The Bertz CT molecular complexity index is 202. The molecule has 0 aromatic rings.